The lowest BCUT2D eigenvalue weighted by molar-refractivity contribution is -0.155. The van der Waals surface area contributed by atoms with Crippen molar-refractivity contribution >= 4 is 17.7 Å². The van der Waals surface area contributed by atoms with E-state index in [4.69, 9.17) is 4.74 Å². The smallest absolute Gasteiger partial charge is 0.378 e. The van der Waals surface area contributed by atoms with Crippen molar-refractivity contribution in [2.24, 2.45) is 0 Å². The quantitative estimate of drug-likeness (QED) is 0.585. The summed E-state index contributed by atoms with van der Waals surface area (Å²) in [5.41, 5.74) is -1.74. The highest BCUT2D eigenvalue weighted by molar-refractivity contribution is 6.34. The topological polar surface area (TPSA) is 92.2 Å². The third kappa shape index (κ3) is 4.99. The van der Waals surface area contributed by atoms with Gasteiger partial charge >= 0.3 is 18.0 Å². The van der Waals surface area contributed by atoms with Crippen LogP contribution >= 0.6 is 0 Å². The Morgan fingerprint density at radius 2 is 1.40 bits per heavy atom. The van der Waals surface area contributed by atoms with Crippen molar-refractivity contribution in [1.29, 1.82) is 0 Å². The number of alkyl halides is 3. The normalized spacial score (nSPS) is 17.8. The van der Waals surface area contributed by atoms with Crippen LogP contribution in [0.5, 0.6) is 0 Å². The van der Waals surface area contributed by atoms with E-state index in [1.807, 2.05) is 0 Å². The fourth-order valence-electron chi connectivity index (χ4n) is 3.26. The van der Waals surface area contributed by atoms with Gasteiger partial charge in [-0.05, 0) is 6.07 Å². The van der Waals surface area contributed by atoms with Gasteiger partial charge in [-0.15, -0.1) is 0 Å². The summed E-state index contributed by atoms with van der Waals surface area (Å²) in [6.07, 6.45) is -4.02. The summed E-state index contributed by atoms with van der Waals surface area (Å²) in [4.78, 5) is 53.0. The molecule has 164 valence electrons. The van der Waals surface area contributed by atoms with Crippen molar-refractivity contribution in [1.82, 2.24) is 19.3 Å². The fraction of sp³-hybridized carbons (Fsp3) is 0.556. The molecular formula is C18H21F3N4O5. The van der Waals surface area contributed by atoms with Crippen molar-refractivity contribution in [3.8, 4) is 0 Å². The van der Waals surface area contributed by atoms with Gasteiger partial charge < -0.3 is 24.0 Å². The molecule has 9 nitrogen and oxygen atoms in total. The Balaban J connectivity index is 1.56. The molecule has 0 aromatic carbocycles. The molecule has 0 spiro atoms. The molecular weight excluding hydrogens is 409 g/mol. The predicted octanol–water partition coefficient (Wildman–Crippen LogP) is -0.603. The molecule has 0 bridgehead atoms. The molecule has 2 aliphatic heterocycles. The number of pyridine rings is 1. The summed E-state index contributed by atoms with van der Waals surface area (Å²) in [6.45, 7) is 1.37. The van der Waals surface area contributed by atoms with Crippen molar-refractivity contribution < 1.29 is 32.3 Å². The van der Waals surface area contributed by atoms with E-state index in [0.717, 1.165) is 6.07 Å². The van der Waals surface area contributed by atoms with E-state index in [-0.39, 0.29) is 26.2 Å². The first-order valence-corrected chi connectivity index (χ1v) is 9.38. The molecule has 12 heteroatoms. The molecule has 1 aromatic heterocycles. The molecule has 3 amide bonds. The first-order valence-electron chi connectivity index (χ1n) is 9.38. The maximum Gasteiger partial charge on any atom is 0.417 e. The zero-order valence-corrected chi connectivity index (χ0v) is 16.1. The highest BCUT2D eigenvalue weighted by Gasteiger charge is 2.33. The lowest BCUT2D eigenvalue weighted by Gasteiger charge is -2.36. The zero-order valence-electron chi connectivity index (χ0n) is 16.1. The van der Waals surface area contributed by atoms with Crippen LogP contribution in [-0.4, -0.2) is 89.5 Å². The van der Waals surface area contributed by atoms with Gasteiger partial charge in [-0.1, -0.05) is 0 Å². The number of rotatable bonds is 2. The van der Waals surface area contributed by atoms with Crippen LogP contribution in [0.4, 0.5) is 13.2 Å². The summed E-state index contributed by atoms with van der Waals surface area (Å²) in [5, 5.41) is 0. The predicted molar refractivity (Wildman–Crippen MR) is 96.3 cm³/mol. The number of aromatic nitrogens is 1. The second-order valence-electron chi connectivity index (χ2n) is 6.96. The molecule has 2 fully saturated rings. The van der Waals surface area contributed by atoms with E-state index in [0.29, 0.717) is 43.1 Å². The molecule has 0 unspecified atom stereocenters. The van der Waals surface area contributed by atoms with Crippen molar-refractivity contribution in [2.45, 2.75) is 12.7 Å². The number of carbonyl (C=O) groups is 3. The zero-order chi connectivity index (χ0) is 21.9. The number of carbonyl (C=O) groups excluding carboxylic acids is 3. The first kappa shape index (κ1) is 21.8. The van der Waals surface area contributed by atoms with E-state index >= 15 is 0 Å². The van der Waals surface area contributed by atoms with Crippen molar-refractivity contribution in [3.05, 3.63) is 34.2 Å². The molecule has 0 saturated carbocycles. The van der Waals surface area contributed by atoms with Crippen LogP contribution in [0.25, 0.3) is 0 Å². The van der Waals surface area contributed by atoms with Crippen LogP contribution in [0.1, 0.15) is 5.56 Å². The largest absolute Gasteiger partial charge is 0.417 e. The van der Waals surface area contributed by atoms with Gasteiger partial charge in [0.15, 0.2) is 0 Å². The number of amides is 3. The van der Waals surface area contributed by atoms with Crippen LogP contribution in [-0.2, 0) is 31.8 Å². The summed E-state index contributed by atoms with van der Waals surface area (Å²) in [7, 11) is 0. The number of morpholine rings is 1. The molecule has 1 aromatic rings. The van der Waals surface area contributed by atoms with Gasteiger partial charge in [0.2, 0.25) is 5.91 Å². The maximum atomic E-state index is 12.8. The molecule has 3 heterocycles. The molecule has 0 atom stereocenters. The van der Waals surface area contributed by atoms with Gasteiger partial charge in [-0.2, -0.15) is 13.2 Å². The second-order valence-corrected chi connectivity index (χ2v) is 6.96. The Morgan fingerprint density at radius 1 is 0.867 bits per heavy atom. The Labute approximate surface area is 169 Å². The Kier molecular flexibility index (Phi) is 6.44. The van der Waals surface area contributed by atoms with E-state index in [9.17, 15) is 32.3 Å². The van der Waals surface area contributed by atoms with Gasteiger partial charge in [0.1, 0.15) is 6.54 Å². The first-order chi connectivity index (χ1) is 14.2. The average molecular weight is 430 g/mol. The standard InChI is InChI=1S/C18H21F3N4O5/c19-18(20,21)13-1-2-14(26)25(11-13)12-15(27)22-3-5-23(6-4-22)16(28)17(29)24-7-9-30-10-8-24/h1-2,11H,3-10,12H2. The van der Waals surface area contributed by atoms with Crippen molar-refractivity contribution in [3.63, 3.8) is 0 Å². The van der Waals surface area contributed by atoms with Gasteiger partial charge in [-0.25, -0.2) is 0 Å². The van der Waals surface area contributed by atoms with Gasteiger partial charge in [0.05, 0.1) is 18.8 Å². The highest BCUT2D eigenvalue weighted by Crippen LogP contribution is 2.28. The van der Waals surface area contributed by atoms with Gasteiger partial charge in [0.25, 0.3) is 5.56 Å². The monoisotopic (exact) mass is 430 g/mol. The van der Waals surface area contributed by atoms with Crippen LogP contribution in [0.15, 0.2) is 23.1 Å². The molecule has 0 radical (unpaired) electrons. The number of ether oxygens (including phenoxy) is 1. The Morgan fingerprint density at radius 3 is 1.97 bits per heavy atom. The fourth-order valence-corrected chi connectivity index (χ4v) is 3.26. The molecule has 2 aliphatic rings. The second kappa shape index (κ2) is 8.86. The van der Waals surface area contributed by atoms with Crippen molar-refractivity contribution in [2.75, 3.05) is 52.5 Å². The van der Waals surface area contributed by atoms with Crippen LogP contribution in [0.2, 0.25) is 0 Å². The number of nitrogens with zero attached hydrogens (tertiary/aromatic N) is 4. The number of piperazine rings is 1. The highest BCUT2D eigenvalue weighted by atomic mass is 19.4. The molecule has 0 N–H and O–H groups in total. The lowest BCUT2D eigenvalue weighted by atomic mass is 10.2. The minimum absolute atomic E-state index is 0.120. The Bertz CT molecular complexity index is 871. The van der Waals surface area contributed by atoms with E-state index < -0.39 is 41.6 Å². The van der Waals surface area contributed by atoms with E-state index in [1.54, 1.807) is 0 Å². The summed E-state index contributed by atoms with van der Waals surface area (Å²) < 4.78 is 44.3. The van der Waals surface area contributed by atoms with Gasteiger partial charge in [-0.3, -0.25) is 19.2 Å². The summed E-state index contributed by atoms with van der Waals surface area (Å²) in [5.74, 6) is -1.81. The average Bonchev–Trinajstić information content (AvgIpc) is 2.74. The summed E-state index contributed by atoms with van der Waals surface area (Å²) in [6, 6.07) is 1.43. The van der Waals surface area contributed by atoms with E-state index in [1.165, 1.54) is 14.7 Å². The minimum Gasteiger partial charge on any atom is -0.378 e. The summed E-state index contributed by atoms with van der Waals surface area (Å²) >= 11 is 0. The number of halogens is 3. The SMILES string of the molecule is O=C(Cn1cc(C(F)(F)F)ccc1=O)N1CCN(C(=O)C(=O)N2CCOCC2)CC1. The number of hydrogen-bond acceptors (Lipinski definition) is 5. The van der Waals surface area contributed by atoms with Crippen LogP contribution in [0.3, 0.4) is 0 Å². The molecule has 2 saturated heterocycles. The van der Waals surface area contributed by atoms with E-state index in [2.05, 4.69) is 0 Å². The molecule has 30 heavy (non-hydrogen) atoms. The number of hydrogen-bond donors (Lipinski definition) is 0. The molecule has 3 rings (SSSR count). The van der Waals surface area contributed by atoms with Crippen LogP contribution in [0, 0.1) is 0 Å². The van der Waals surface area contributed by atoms with Crippen LogP contribution < -0.4 is 5.56 Å². The van der Waals surface area contributed by atoms with Gasteiger partial charge in [0, 0.05) is 51.5 Å². The third-order valence-electron chi connectivity index (χ3n) is 5.02. The maximum absolute atomic E-state index is 12.8. The Hall–Kier alpha value is -2.89. The minimum atomic E-state index is -4.63. The molecule has 0 aliphatic carbocycles. The third-order valence-corrected chi connectivity index (χ3v) is 5.02. The lowest BCUT2D eigenvalue weighted by Crippen LogP contribution is -2.56.